The minimum Gasteiger partial charge on any atom is -0.481 e. The maximum atomic E-state index is 12.0. The average Bonchev–Trinajstić information content (AvgIpc) is 2.44. The van der Waals surface area contributed by atoms with Crippen LogP contribution in [-0.2, 0) is 14.3 Å². The third kappa shape index (κ3) is 5.74. The van der Waals surface area contributed by atoms with Gasteiger partial charge < -0.3 is 14.7 Å². The molecule has 0 aromatic carbocycles. The van der Waals surface area contributed by atoms with Crippen LogP contribution in [0.1, 0.15) is 39.0 Å². The molecule has 1 amide bonds. The van der Waals surface area contributed by atoms with E-state index in [0.29, 0.717) is 6.54 Å². The van der Waals surface area contributed by atoms with Gasteiger partial charge in [0.05, 0.1) is 5.92 Å². The third-order valence-electron chi connectivity index (χ3n) is 3.62. The van der Waals surface area contributed by atoms with E-state index in [4.69, 9.17) is 9.84 Å². The number of methoxy groups -OCH3 is 1. The first-order valence-corrected chi connectivity index (χ1v) is 7.22. The van der Waals surface area contributed by atoms with E-state index in [1.807, 2.05) is 0 Å². The Kier molecular flexibility index (Phi) is 7.30. The minimum absolute atomic E-state index is 0.00534. The Morgan fingerprint density at radius 3 is 2.75 bits per heavy atom. The molecule has 0 radical (unpaired) electrons. The fraction of sp³-hybridized carbons (Fsp3) is 0.733. The van der Waals surface area contributed by atoms with Crippen molar-refractivity contribution in [2.75, 3.05) is 26.8 Å². The first kappa shape index (κ1) is 16.7. The van der Waals surface area contributed by atoms with E-state index in [1.165, 1.54) is 25.5 Å². The fourth-order valence-corrected chi connectivity index (χ4v) is 2.35. The summed E-state index contributed by atoms with van der Waals surface area (Å²) in [5.41, 5.74) is 1.38. The number of allylic oxidation sites excluding steroid dienone is 1. The number of carbonyl (C=O) groups is 2. The van der Waals surface area contributed by atoms with Crippen LogP contribution in [0.3, 0.4) is 0 Å². The lowest BCUT2D eigenvalue weighted by Gasteiger charge is -2.25. The van der Waals surface area contributed by atoms with Gasteiger partial charge in [0, 0.05) is 20.2 Å². The molecule has 0 heterocycles. The van der Waals surface area contributed by atoms with Gasteiger partial charge in [0.25, 0.3) is 0 Å². The largest absolute Gasteiger partial charge is 0.481 e. The number of nitrogens with zero attached hydrogens (tertiary/aromatic N) is 1. The van der Waals surface area contributed by atoms with Crippen molar-refractivity contribution in [1.82, 2.24) is 4.90 Å². The van der Waals surface area contributed by atoms with Crippen LogP contribution in [0, 0.1) is 5.92 Å². The normalized spacial score (nSPS) is 16.4. The summed E-state index contributed by atoms with van der Waals surface area (Å²) in [6.07, 6.45) is 7.76. The number of carboxylic acid groups (broad SMARTS) is 1. The molecule has 1 aliphatic carbocycles. The SMILES string of the molecule is COCC(=O)N(CCC1=CCCCC1)CC(C)C(=O)O. The molecule has 0 spiro atoms. The molecule has 20 heavy (non-hydrogen) atoms. The van der Waals surface area contributed by atoms with Crippen molar-refractivity contribution in [3.63, 3.8) is 0 Å². The number of carbonyl (C=O) groups excluding carboxylic acids is 1. The Morgan fingerprint density at radius 2 is 2.20 bits per heavy atom. The van der Waals surface area contributed by atoms with Gasteiger partial charge in [-0.05, 0) is 32.1 Å². The van der Waals surface area contributed by atoms with E-state index >= 15 is 0 Å². The molecule has 1 unspecified atom stereocenters. The van der Waals surface area contributed by atoms with E-state index in [1.54, 1.807) is 11.8 Å². The lowest BCUT2D eigenvalue weighted by Crippen LogP contribution is -2.39. The van der Waals surface area contributed by atoms with Crippen LogP contribution in [0.15, 0.2) is 11.6 Å². The molecule has 114 valence electrons. The lowest BCUT2D eigenvalue weighted by molar-refractivity contribution is -0.143. The number of amides is 1. The number of aliphatic carboxylic acids is 1. The quantitative estimate of drug-likeness (QED) is 0.693. The summed E-state index contributed by atoms with van der Waals surface area (Å²) in [6, 6.07) is 0. The van der Waals surface area contributed by atoms with E-state index in [2.05, 4.69) is 6.08 Å². The standard InChI is InChI=1S/C15H25NO4/c1-12(15(18)19)10-16(14(17)11-20-2)9-8-13-6-4-3-5-7-13/h6,12H,3-5,7-11H2,1-2H3,(H,18,19). The smallest absolute Gasteiger partial charge is 0.308 e. The van der Waals surface area contributed by atoms with Crippen molar-refractivity contribution in [2.24, 2.45) is 5.92 Å². The Morgan fingerprint density at radius 1 is 1.45 bits per heavy atom. The molecule has 0 saturated carbocycles. The molecule has 5 nitrogen and oxygen atoms in total. The van der Waals surface area contributed by atoms with Crippen molar-refractivity contribution in [1.29, 1.82) is 0 Å². The molecular formula is C15H25NO4. The number of hydrogen-bond acceptors (Lipinski definition) is 3. The predicted molar refractivity (Wildman–Crippen MR) is 76.4 cm³/mol. The highest BCUT2D eigenvalue weighted by molar-refractivity contribution is 5.78. The molecule has 0 aliphatic heterocycles. The number of carboxylic acids is 1. The van der Waals surface area contributed by atoms with Crippen molar-refractivity contribution < 1.29 is 19.4 Å². The second kappa shape index (κ2) is 8.74. The zero-order chi connectivity index (χ0) is 15.0. The molecule has 0 fully saturated rings. The first-order valence-electron chi connectivity index (χ1n) is 7.22. The summed E-state index contributed by atoms with van der Waals surface area (Å²) < 4.78 is 4.87. The average molecular weight is 283 g/mol. The van der Waals surface area contributed by atoms with Crippen LogP contribution in [0.25, 0.3) is 0 Å². The van der Waals surface area contributed by atoms with E-state index in [-0.39, 0.29) is 19.1 Å². The van der Waals surface area contributed by atoms with Gasteiger partial charge in [0.2, 0.25) is 5.91 Å². The highest BCUT2D eigenvalue weighted by Crippen LogP contribution is 2.20. The predicted octanol–water partition coefficient (Wildman–Crippen LogP) is 2.07. The van der Waals surface area contributed by atoms with Crippen LogP contribution in [0.4, 0.5) is 0 Å². The number of hydrogen-bond donors (Lipinski definition) is 1. The molecule has 0 bridgehead atoms. The van der Waals surface area contributed by atoms with Gasteiger partial charge in [-0.1, -0.05) is 18.6 Å². The van der Waals surface area contributed by atoms with Crippen LogP contribution in [0.5, 0.6) is 0 Å². The van der Waals surface area contributed by atoms with Gasteiger partial charge in [0.1, 0.15) is 6.61 Å². The highest BCUT2D eigenvalue weighted by Gasteiger charge is 2.20. The van der Waals surface area contributed by atoms with E-state index in [9.17, 15) is 9.59 Å². The van der Waals surface area contributed by atoms with Crippen molar-refractivity contribution in [3.8, 4) is 0 Å². The summed E-state index contributed by atoms with van der Waals surface area (Å²) in [4.78, 5) is 24.5. The minimum atomic E-state index is -0.878. The zero-order valence-electron chi connectivity index (χ0n) is 12.4. The molecule has 1 aliphatic rings. The number of ether oxygens (including phenoxy) is 1. The summed E-state index contributed by atoms with van der Waals surface area (Å²) in [6.45, 7) is 2.44. The van der Waals surface area contributed by atoms with Gasteiger partial charge >= 0.3 is 5.97 Å². The summed E-state index contributed by atoms with van der Waals surface area (Å²) >= 11 is 0. The van der Waals surface area contributed by atoms with Gasteiger partial charge in [-0.15, -0.1) is 0 Å². The molecule has 1 rings (SSSR count). The van der Waals surface area contributed by atoms with Crippen molar-refractivity contribution in [3.05, 3.63) is 11.6 Å². The monoisotopic (exact) mass is 283 g/mol. The maximum Gasteiger partial charge on any atom is 0.308 e. The summed E-state index contributed by atoms with van der Waals surface area (Å²) in [5.74, 6) is -1.58. The van der Waals surface area contributed by atoms with Crippen molar-refractivity contribution >= 4 is 11.9 Å². The summed E-state index contributed by atoms with van der Waals surface area (Å²) in [7, 11) is 1.47. The second-order valence-electron chi connectivity index (χ2n) is 5.37. The van der Waals surface area contributed by atoms with E-state index in [0.717, 1.165) is 19.3 Å². The van der Waals surface area contributed by atoms with Crippen molar-refractivity contribution in [2.45, 2.75) is 39.0 Å². The molecule has 1 N–H and O–H groups in total. The van der Waals surface area contributed by atoms with Gasteiger partial charge in [0.15, 0.2) is 0 Å². The fourth-order valence-electron chi connectivity index (χ4n) is 2.35. The molecule has 0 saturated heterocycles. The highest BCUT2D eigenvalue weighted by atomic mass is 16.5. The topological polar surface area (TPSA) is 66.8 Å². The first-order chi connectivity index (χ1) is 9.54. The van der Waals surface area contributed by atoms with E-state index < -0.39 is 11.9 Å². The molecule has 5 heteroatoms. The molecule has 0 aromatic rings. The zero-order valence-corrected chi connectivity index (χ0v) is 12.4. The Balaban J connectivity index is 2.54. The van der Waals surface area contributed by atoms with Gasteiger partial charge in [-0.25, -0.2) is 0 Å². The molecule has 1 atom stereocenters. The number of rotatable bonds is 8. The Hall–Kier alpha value is -1.36. The van der Waals surface area contributed by atoms with Crippen LogP contribution in [0.2, 0.25) is 0 Å². The molecular weight excluding hydrogens is 258 g/mol. The second-order valence-corrected chi connectivity index (χ2v) is 5.37. The van der Waals surface area contributed by atoms with Gasteiger partial charge in [-0.2, -0.15) is 0 Å². The Bertz CT molecular complexity index is 365. The van der Waals surface area contributed by atoms with Crippen LogP contribution < -0.4 is 0 Å². The third-order valence-corrected chi connectivity index (χ3v) is 3.62. The van der Waals surface area contributed by atoms with Crippen LogP contribution in [-0.4, -0.2) is 48.7 Å². The van der Waals surface area contributed by atoms with Crippen LogP contribution >= 0.6 is 0 Å². The maximum absolute atomic E-state index is 12.0. The Labute approximate surface area is 120 Å². The lowest BCUT2D eigenvalue weighted by atomic mass is 9.97. The molecule has 0 aromatic heterocycles. The summed E-state index contributed by atoms with van der Waals surface area (Å²) in [5, 5.41) is 8.98. The van der Waals surface area contributed by atoms with Gasteiger partial charge in [-0.3, -0.25) is 9.59 Å².